The van der Waals surface area contributed by atoms with Crippen LogP contribution in [0.1, 0.15) is 18.7 Å². The van der Waals surface area contributed by atoms with Crippen molar-refractivity contribution in [3.8, 4) is 0 Å². The first-order chi connectivity index (χ1) is 9.65. The van der Waals surface area contributed by atoms with E-state index in [4.69, 9.17) is 14.9 Å². The van der Waals surface area contributed by atoms with Crippen LogP contribution in [0.3, 0.4) is 0 Å². The number of nitrogens with zero attached hydrogens (tertiary/aromatic N) is 1. The summed E-state index contributed by atoms with van der Waals surface area (Å²) in [6.45, 7) is 2.24. The molecule has 6 heteroatoms. The summed E-state index contributed by atoms with van der Waals surface area (Å²) < 4.78 is 11.0. The van der Waals surface area contributed by atoms with Crippen molar-refractivity contribution >= 4 is 22.7 Å². The van der Waals surface area contributed by atoms with Gasteiger partial charge in [0.15, 0.2) is 11.5 Å². The maximum absolute atomic E-state index is 12.1. The van der Waals surface area contributed by atoms with E-state index >= 15 is 0 Å². The first kappa shape index (κ1) is 13.1. The van der Waals surface area contributed by atoms with Crippen LogP contribution in [0.15, 0.2) is 22.6 Å². The summed E-state index contributed by atoms with van der Waals surface area (Å²) in [5.41, 5.74) is 7.65. The van der Waals surface area contributed by atoms with Crippen LogP contribution in [-0.4, -0.2) is 29.6 Å². The standard InChI is InChI=1S/C14H17N3O3/c1-8-16-11-4-2-9(6-13(11)19-8)17-14(18)12-5-3-10(7-15)20-12/h2,4,6,10,12H,3,5,7,15H2,1H3,(H,17,18)/t10-,12+/m1/s1. The maximum atomic E-state index is 12.1. The predicted molar refractivity (Wildman–Crippen MR) is 74.3 cm³/mol. The monoisotopic (exact) mass is 275 g/mol. The molecule has 106 valence electrons. The van der Waals surface area contributed by atoms with Crippen molar-refractivity contribution in [2.24, 2.45) is 5.73 Å². The molecule has 1 aromatic carbocycles. The van der Waals surface area contributed by atoms with E-state index < -0.39 is 6.10 Å². The molecule has 0 bridgehead atoms. The molecule has 2 aromatic rings. The highest BCUT2D eigenvalue weighted by Gasteiger charge is 2.29. The van der Waals surface area contributed by atoms with Crippen molar-refractivity contribution in [3.63, 3.8) is 0 Å². The number of ether oxygens (including phenoxy) is 1. The van der Waals surface area contributed by atoms with Gasteiger partial charge in [-0.05, 0) is 25.0 Å². The zero-order valence-corrected chi connectivity index (χ0v) is 11.3. The summed E-state index contributed by atoms with van der Waals surface area (Å²) in [5.74, 6) is 0.463. The molecule has 1 amide bonds. The van der Waals surface area contributed by atoms with Crippen LogP contribution < -0.4 is 11.1 Å². The Morgan fingerprint density at radius 1 is 1.50 bits per heavy atom. The van der Waals surface area contributed by atoms with Gasteiger partial charge in [-0.3, -0.25) is 4.79 Å². The lowest BCUT2D eigenvalue weighted by Gasteiger charge is -2.12. The fraction of sp³-hybridized carbons (Fsp3) is 0.429. The second kappa shape index (κ2) is 5.22. The highest BCUT2D eigenvalue weighted by atomic mass is 16.5. The van der Waals surface area contributed by atoms with E-state index in [1.807, 2.05) is 6.07 Å². The maximum Gasteiger partial charge on any atom is 0.253 e. The van der Waals surface area contributed by atoms with Gasteiger partial charge < -0.3 is 20.2 Å². The lowest BCUT2D eigenvalue weighted by molar-refractivity contribution is -0.126. The van der Waals surface area contributed by atoms with Crippen LogP contribution >= 0.6 is 0 Å². The molecule has 1 aliphatic rings. The van der Waals surface area contributed by atoms with E-state index in [2.05, 4.69) is 10.3 Å². The van der Waals surface area contributed by atoms with Gasteiger partial charge in [0, 0.05) is 25.2 Å². The van der Waals surface area contributed by atoms with Crippen LogP contribution in [-0.2, 0) is 9.53 Å². The van der Waals surface area contributed by atoms with Gasteiger partial charge in [-0.15, -0.1) is 0 Å². The van der Waals surface area contributed by atoms with Gasteiger partial charge in [0.05, 0.1) is 6.10 Å². The Labute approximate surface area is 116 Å². The minimum Gasteiger partial charge on any atom is -0.441 e. The number of amides is 1. The number of carbonyl (C=O) groups excluding carboxylic acids is 1. The first-order valence-corrected chi connectivity index (χ1v) is 6.69. The van der Waals surface area contributed by atoms with Crippen LogP contribution in [0.2, 0.25) is 0 Å². The van der Waals surface area contributed by atoms with Crippen molar-refractivity contribution in [1.29, 1.82) is 0 Å². The Hall–Kier alpha value is -1.92. The lowest BCUT2D eigenvalue weighted by Crippen LogP contribution is -2.29. The molecular weight excluding hydrogens is 258 g/mol. The number of hydrogen-bond donors (Lipinski definition) is 2. The third-order valence-electron chi connectivity index (χ3n) is 3.43. The lowest BCUT2D eigenvalue weighted by atomic mass is 10.2. The van der Waals surface area contributed by atoms with Crippen molar-refractivity contribution in [2.75, 3.05) is 11.9 Å². The summed E-state index contributed by atoms with van der Waals surface area (Å²) in [7, 11) is 0. The SMILES string of the molecule is Cc1nc2ccc(NC(=O)[C@@H]3CC[C@H](CN)O3)cc2o1. The number of fused-ring (bicyclic) bond motifs is 1. The Morgan fingerprint density at radius 2 is 2.35 bits per heavy atom. The molecule has 2 heterocycles. The number of nitrogens with one attached hydrogen (secondary N) is 1. The number of carbonyl (C=O) groups is 1. The Morgan fingerprint density at radius 3 is 3.10 bits per heavy atom. The second-order valence-corrected chi connectivity index (χ2v) is 4.96. The molecule has 20 heavy (non-hydrogen) atoms. The first-order valence-electron chi connectivity index (χ1n) is 6.69. The van der Waals surface area contributed by atoms with Crippen molar-refractivity contribution in [3.05, 3.63) is 24.1 Å². The van der Waals surface area contributed by atoms with Crippen molar-refractivity contribution in [1.82, 2.24) is 4.98 Å². The third kappa shape index (κ3) is 2.52. The number of oxazole rings is 1. The van der Waals surface area contributed by atoms with E-state index in [0.717, 1.165) is 11.9 Å². The summed E-state index contributed by atoms with van der Waals surface area (Å²) in [4.78, 5) is 16.3. The summed E-state index contributed by atoms with van der Waals surface area (Å²) >= 11 is 0. The van der Waals surface area contributed by atoms with Crippen LogP contribution in [0, 0.1) is 6.92 Å². The number of aromatic nitrogens is 1. The van der Waals surface area contributed by atoms with E-state index in [-0.39, 0.29) is 12.0 Å². The molecule has 0 aliphatic carbocycles. The molecule has 1 saturated heterocycles. The number of hydrogen-bond acceptors (Lipinski definition) is 5. The van der Waals surface area contributed by atoms with Gasteiger partial charge in [0.2, 0.25) is 0 Å². The molecule has 6 nitrogen and oxygen atoms in total. The largest absolute Gasteiger partial charge is 0.441 e. The smallest absolute Gasteiger partial charge is 0.253 e. The molecule has 0 spiro atoms. The normalized spacial score (nSPS) is 22.3. The zero-order valence-electron chi connectivity index (χ0n) is 11.3. The van der Waals surface area contributed by atoms with Gasteiger partial charge >= 0.3 is 0 Å². The summed E-state index contributed by atoms with van der Waals surface area (Å²) in [6, 6.07) is 5.39. The van der Waals surface area contributed by atoms with Crippen molar-refractivity contribution < 1.29 is 13.9 Å². The van der Waals surface area contributed by atoms with Crippen molar-refractivity contribution in [2.45, 2.75) is 32.0 Å². The molecule has 0 saturated carbocycles. The summed E-state index contributed by atoms with van der Waals surface area (Å²) in [6.07, 6.45) is 1.10. The Balaban J connectivity index is 1.71. The Bertz CT molecular complexity index is 638. The van der Waals surface area contributed by atoms with Gasteiger partial charge in [-0.25, -0.2) is 4.98 Å². The average molecular weight is 275 g/mol. The van der Waals surface area contributed by atoms with E-state index in [1.54, 1.807) is 19.1 Å². The summed E-state index contributed by atoms with van der Waals surface area (Å²) in [5, 5.41) is 2.84. The minimum atomic E-state index is -0.421. The fourth-order valence-electron chi connectivity index (χ4n) is 2.41. The molecule has 3 N–H and O–H groups in total. The number of rotatable bonds is 3. The van der Waals surface area contributed by atoms with Crippen LogP contribution in [0.5, 0.6) is 0 Å². The molecule has 3 rings (SSSR count). The molecule has 1 aromatic heterocycles. The zero-order chi connectivity index (χ0) is 14.1. The van der Waals surface area contributed by atoms with Gasteiger partial charge in [0.25, 0.3) is 5.91 Å². The van der Waals surface area contributed by atoms with Gasteiger partial charge in [-0.1, -0.05) is 0 Å². The molecule has 2 atom stereocenters. The fourth-order valence-corrected chi connectivity index (χ4v) is 2.41. The molecule has 0 unspecified atom stereocenters. The number of benzene rings is 1. The average Bonchev–Trinajstić information content (AvgIpc) is 3.03. The highest BCUT2D eigenvalue weighted by molar-refractivity contribution is 5.95. The molecule has 1 fully saturated rings. The predicted octanol–water partition coefficient (Wildman–Crippen LogP) is 1.58. The number of anilines is 1. The topological polar surface area (TPSA) is 90.4 Å². The minimum absolute atomic E-state index is 0.00912. The number of aryl methyl sites for hydroxylation is 1. The van der Waals surface area contributed by atoms with Crippen LogP contribution in [0.4, 0.5) is 5.69 Å². The number of nitrogens with two attached hydrogens (primary N) is 1. The van der Waals surface area contributed by atoms with Crippen LogP contribution in [0.25, 0.3) is 11.1 Å². The molecule has 1 aliphatic heterocycles. The van der Waals surface area contributed by atoms with Gasteiger partial charge in [-0.2, -0.15) is 0 Å². The van der Waals surface area contributed by atoms with Gasteiger partial charge in [0.1, 0.15) is 11.6 Å². The quantitative estimate of drug-likeness (QED) is 0.887. The molecule has 0 radical (unpaired) electrons. The van der Waals surface area contributed by atoms with E-state index in [9.17, 15) is 4.79 Å². The van der Waals surface area contributed by atoms with E-state index in [0.29, 0.717) is 30.1 Å². The Kier molecular flexibility index (Phi) is 3.42. The highest BCUT2D eigenvalue weighted by Crippen LogP contribution is 2.23. The third-order valence-corrected chi connectivity index (χ3v) is 3.43. The molecular formula is C14H17N3O3. The van der Waals surface area contributed by atoms with E-state index in [1.165, 1.54) is 0 Å². The second-order valence-electron chi connectivity index (χ2n) is 4.96.